The fraction of sp³-hybridized carbons (Fsp3) is 0.333. The zero-order valence-electron chi connectivity index (χ0n) is 7.02. The summed E-state index contributed by atoms with van der Waals surface area (Å²) in [6, 6.07) is 1.35. The van der Waals surface area contributed by atoms with Gasteiger partial charge < -0.3 is 5.11 Å². The Morgan fingerprint density at radius 2 is 1.92 bits per heavy atom. The van der Waals surface area contributed by atoms with Gasteiger partial charge in [0.25, 0.3) is 0 Å². The predicted octanol–water partition coefficient (Wildman–Crippen LogP) is 2.03. The standard InChI is InChI=1S/C9H9F3O/c1-5(13)2-6-3-7(10)4-8(11)9(6)12/h3-5,13H,2H2,1H3. The average molecular weight is 190 g/mol. The molecule has 0 saturated carbocycles. The van der Waals surface area contributed by atoms with E-state index in [9.17, 15) is 13.2 Å². The number of hydrogen-bond donors (Lipinski definition) is 1. The second-order valence-electron chi connectivity index (χ2n) is 2.91. The number of aliphatic hydroxyl groups excluding tert-OH is 1. The number of benzene rings is 1. The van der Waals surface area contributed by atoms with Gasteiger partial charge in [0, 0.05) is 12.5 Å². The summed E-state index contributed by atoms with van der Waals surface area (Å²) in [7, 11) is 0. The minimum atomic E-state index is -1.23. The molecule has 1 unspecified atom stereocenters. The maximum Gasteiger partial charge on any atom is 0.162 e. The van der Waals surface area contributed by atoms with Crippen LogP contribution in [0.5, 0.6) is 0 Å². The monoisotopic (exact) mass is 190 g/mol. The first-order valence-electron chi connectivity index (χ1n) is 3.82. The van der Waals surface area contributed by atoms with Crippen molar-refractivity contribution in [3.63, 3.8) is 0 Å². The van der Waals surface area contributed by atoms with Gasteiger partial charge in [0.1, 0.15) is 5.82 Å². The zero-order chi connectivity index (χ0) is 10.0. The number of aliphatic hydroxyl groups is 1. The van der Waals surface area contributed by atoms with Crippen LogP contribution in [-0.2, 0) is 6.42 Å². The van der Waals surface area contributed by atoms with Gasteiger partial charge >= 0.3 is 0 Å². The van der Waals surface area contributed by atoms with Gasteiger partial charge in [-0.3, -0.25) is 0 Å². The van der Waals surface area contributed by atoms with Crippen LogP contribution in [0, 0.1) is 17.5 Å². The predicted molar refractivity (Wildman–Crippen MR) is 41.7 cm³/mol. The summed E-state index contributed by atoms with van der Waals surface area (Å²) in [6.07, 6.45) is -0.920. The quantitative estimate of drug-likeness (QED) is 0.707. The van der Waals surface area contributed by atoms with Gasteiger partial charge in [-0.1, -0.05) is 0 Å². The molecule has 1 aromatic carbocycles. The largest absolute Gasteiger partial charge is 0.393 e. The SMILES string of the molecule is CC(O)Cc1cc(F)cc(F)c1F. The molecule has 0 aliphatic rings. The third kappa shape index (κ3) is 2.45. The van der Waals surface area contributed by atoms with Crippen LogP contribution in [0.3, 0.4) is 0 Å². The van der Waals surface area contributed by atoms with Gasteiger partial charge in [-0.2, -0.15) is 0 Å². The zero-order valence-corrected chi connectivity index (χ0v) is 7.02. The van der Waals surface area contributed by atoms with Crippen LogP contribution < -0.4 is 0 Å². The molecule has 0 spiro atoms. The topological polar surface area (TPSA) is 20.2 Å². The van der Waals surface area contributed by atoms with E-state index in [0.29, 0.717) is 6.07 Å². The van der Waals surface area contributed by atoms with Crippen molar-refractivity contribution < 1.29 is 18.3 Å². The molecular formula is C9H9F3O. The summed E-state index contributed by atoms with van der Waals surface area (Å²) in [6.45, 7) is 1.42. The second-order valence-corrected chi connectivity index (χ2v) is 2.91. The highest BCUT2D eigenvalue weighted by atomic mass is 19.2. The summed E-state index contributed by atoms with van der Waals surface area (Å²) in [5, 5.41) is 8.90. The summed E-state index contributed by atoms with van der Waals surface area (Å²) >= 11 is 0. The van der Waals surface area contributed by atoms with Crippen LogP contribution in [0.1, 0.15) is 12.5 Å². The van der Waals surface area contributed by atoms with Crippen molar-refractivity contribution in [2.75, 3.05) is 0 Å². The summed E-state index contributed by atoms with van der Waals surface area (Å²) in [5.74, 6) is -3.16. The molecule has 1 atom stereocenters. The smallest absolute Gasteiger partial charge is 0.162 e. The number of halogens is 3. The lowest BCUT2D eigenvalue weighted by Gasteiger charge is -2.06. The Hall–Kier alpha value is -1.03. The van der Waals surface area contributed by atoms with Crippen LogP contribution in [0.15, 0.2) is 12.1 Å². The third-order valence-electron chi connectivity index (χ3n) is 1.58. The molecule has 0 radical (unpaired) electrons. The number of hydrogen-bond acceptors (Lipinski definition) is 1. The molecule has 1 nitrogen and oxygen atoms in total. The van der Waals surface area contributed by atoms with E-state index in [4.69, 9.17) is 5.11 Å². The highest BCUT2D eigenvalue weighted by Gasteiger charge is 2.12. The highest BCUT2D eigenvalue weighted by molar-refractivity contribution is 5.20. The molecule has 1 rings (SSSR count). The lowest BCUT2D eigenvalue weighted by molar-refractivity contribution is 0.193. The van der Waals surface area contributed by atoms with E-state index in [2.05, 4.69) is 0 Å². The molecule has 4 heteroatoms. The van der Waals surface area contributed by atoms with E-state index in [1.54, 1.807) is 0 Å². The van der Waals surface area contributed by atoms with Crippen molar-refractivity contribution in [2.45, 2.75) is 19.4 Å². The van der Waals surface area contributed by atoms with Gasteiger partial charge in [0.05, 0.1) is 6.10 Å². The minimum absolute atomic E-state index is 0.0967. The van der Waals surface area contributed by atoms with E-state index in [1.807, 2.05) is 0 Å². The molecule has 0 aliphatic heterocycles. The van der Waals surface area contributed by atoms with Gasteiger partial charge in [-0.05, 0) is 18.6 Å². The van der Waals surface area contributed by atoms with E-state index >= 15 is 0 Å². The summed E-state index contributed by atoms with van der Waals surface area (Å²) in [4.78, 5) is 0. The molecular weight excluding hydrogens is 181 g/mol. The van der Waals surface area contributed by atoms with Gasteiger partial charge in [-0.25, -0.2) is 13.2 Å². The molecule has 1 aromatic rings. The van der Waals surface area contributed by atoms with E-state index < -0.39 is 23.6 Å². The lowest BCUT2D eigenvalue weighted by Crippen LogP contribution is -2.07. The molecule has 0 aliphatic carbocycles. The van der Waals surface area contributed by atoms with Crippen LogP contribution in [0.2, 0.25) is 0 Å². The van der Waals surface area contributed by atoms with Gasteiger partial charge in [0.2, 0.25) is 0 Å². The normalized spacial score (nSPS) is 13.0. The van der Waals surface area contributed by atoms with Crippen LogP contribution >= 0.6 is 0 Å². The van der Waals surface area contributed by atoms with Gasteiger partial charge in [-0.15, -0.1) is 0 Å². The Kier molecular flexibility index (Phi) is 2.93. The minimum Gasteiger partial charge on any atom is -0.393 e. The number of rotatable bonds is 2. The molecule has 0 bridgehead atoms. The lowest BCUT2D eigenvalue weighted by atomic mass is 10.1. The average Bonchev–Trinajstić information content (AvgIpc) is 1.98. The molecule has 0 amide bonds. The Morgan fingerprint density at radius 1 is 1.31 bits per heavy atom. The van der Waals surface area contributed by atoms with Crippen molar-refractivity contribution in [3.05, 3.63) is 35.1 Å². The van der Waals surface area contributed by atoms with Crippen molar-refractivity contribution in [3.8, 4) is 0 Å². The Morgan fingerprint density at radius 3 is 2.46 bits per heavy atom. The molecule has 0 aromatic heterocycles. The van der Waals surface area contributed by atoms with Crippen LogP contribution in [-0.4, -0.2) is 11.2 Å². The van der Waals surface area contributed by atoms with Crippen molar-refractivity contribution in [1.29, 1.82) is 0 Å². The first-order valence-corrected chi connectivity index (χ1v) is 3.82. The van der Waals surface area contributed by atoms with Crippen molar-refractivity contribution in [2.24, 2.45) is 0 Å². The van der Waals surface area contributed by atoms with E-state index in [1.165, 1.54) is 6.92 Å². The molecule has 0 heterocycles. The maximum absolute atomic E-state index is 12.9. The Balaban J connectivity index is 3.05. The maximum atomic E-state index is 12.9. The summed E-state index contributed by atoms with van der Waals surface area (Å²) in [5.41, 5.74) is -0.146. The fourth-order valence-corrected chi connectivity index (χ4v) is 1.08. The molecule has 0 saturated heterocycles. The molecule has 13 heavy (non-hydrogen) atoms. The van der Waals surface area contributed by atoms with Crippen LogP contribution in [0.25, 0.3) is 0 Å². The first kappa shape index (κ1) is 10.1. The Labute approximate surface area is 73.8 Å². The second kappa shape index (κ2) is 3.79. The molecule has 0 fully saturated rings. The van der Waals surface area contributed by atoms with Crippen LogP contribution in [0.4, 0.5) is 13.2 Å². The van der Waals surface area contributed by atoms with E-state index in [0.717, 1.165) is 6.07 Å². The van der Waals surface area contributed by atoms with Crippen molar-refractivity contribution >= 4 is 0 Å². The van der Waals surface area contributed by atoms with Gasteiger partial charge in [0.15, 0.2) is 11.6 Å². The fourth-order valence-electron chi connectivity index (χ4n) is 1.08. The highest BCUT2D eigenvalue weighted by Crippen LogP contribution is 2.15. The Bertz CT molecular complexity index is 310. The van der Waals surface area contributed by atoms with Crippen molar-refractivity contribution in [1.82, 2.24) is 0 Å². The molecule has 72 valence electrons. The third-order valence-corrected chi connectivity index (χ3v) is 1.58. The van der Waals surface area contributed by atoms with E-state index in [-0.39, 0.29) is 12.0 Å². The summed E-state index contributed by atoms with van der Waals surface area (Å²) < 4.78 is 38.1. The first-order chi connectivity index (χ1) is 6.00. The molecule has 1 N–H and O–H groups in total.